The number of nitrogens with one attached hydrogen (secondary N) is 1. The number of nitrogens with zero attached hydrogens (tertiary/aromatic N) is 1. The number of hydrogen-bond donors (Lipinski definition) is 1. The highest BCUT2D eigenvalue weighted by atomic mass is 79.9. The maximum atomic E-state index is 11.1. The molecule has 0 unspecified atom stereocenters. The summed E-state index contributed by atoms with van der Waals surface area (Å²) in [5.74, 6) is 0.836. The van der Waals surface area contributed by atoms with Crippen molar-refractivity contribution in [2.24, 2.45) is 0 Å². The second-order valence-corrected chi connectivity index (χ2v) is 4.63. The number of carbonyl (C=O) groups excluding carboxylic acids is 1. The fraction of sp³-hybridized carbons (Fsp3) is 0.417. The van der Waals surface area contributed by atoms with Gasteiger partial charge in [0.2, 0.25) is 5.91 Å². The molecule has 1 aromatic rings. The number of ether oxygens (including phenoxy) is 1. The Morgan fingerprint density at radius 2 is 2.29 bits per heavy atom. The summed E-state index contributed by atoms with van der Waals surface area (Å²) in [4.78, 5) is 13.0. The monoisotopic (exact) mass is 300 g/mol. The number of likely N-dealkylation sites (N-methyl/N-ethyl adjacent to an activating group) is 2. The molecule has 0 atom stereocenters. The van der Waals surface area contributed by atoms with E-state index < -0.39 is 0 Å². The van der Waals surface area contributed by atoms with E-state index in [0.717, 1.165) is 10.2 Å². The highest BCUT2D eigenvalue weighted by Gasteiger charge is 2.04. The molecule has 0 aliphatic rings. The summed E-state index contributed by atoms with van der Waals surface area (Å²) < 4.78 is 6.56. The number of halogens is 1. The molecular weight excluding hydrogens is 284 g/mol. The van der Waals surface area contributed by atoms with Crippen LogP contribution in [-0.4, -0.2) is 44.6 Å². The zero-order valence-electron chi connectivity index (χ0n) is 10.1. The van der Waals surface area contributed by atoms with Gasteiger partial charge in [-0.15, -0.1) is 0 Å². The summed E-state index contributed by atoms with van der Waals surface area (Å²) >= 11 is 3.38. The van der Waals surface area contributed by atoms with Crippen LogP contribution >= 0.6 is 15.9 Å². The van der Waals surface area contributed by atoms with E-state index in [1.165, 1.54) is 0 Å². The molecular formula is C12H17BrN2O2. The van der Waals surface area contributed by atoms with Crippen LogP contribution in [0.3, 0.4) is 0 Å². The lowest BCUT2D eigenvalue weighted by atomic mass is 10.3. The molecule has 0 fully saturated rings. The minimum absolute atomic E-state index is 0.00922. The lowest BCUT2D eigenvalue weighted by molar-refractivity contribution is -0.121. The van der Waals surface area contributed by atoms with Gasteiger partial charge < -0.3 is 10.1 Å². The first-order valence-electron chi connectivity index (χ1n) is 5.39. The molecule has 0 radical (unpaired) electrons. The molecule has 0 aliphatic heterocycles. The van der Waals surface area contributed by atoms with Crippen LogP contribution < -0.4 is 10.1 Å². The first-order valence-corrected chi connectivity index (χ1v) is 6.18. The maximum Gasteiger partial charge on any atom is 0.233 e. The van der Waals surface area contributed by atoms with Gasteiger partial charge in [-0.2, -0.15) is 0 Å². The van der Waals surface area contributed by atoms with Crippen LogP contribution in [0.4, 0.5) is 0 Å². The van der Waals surface area contributed by atoms with Gasteiger partial charge in [0.05, 0.1) is 6.54 Å². The van der Waals surface area contributed by atoms with Crippen LogP contribution in [0.5, 0.6) is 5.75 Å². The standard InChI is InChI=1S/C12H17BrN2O2/c1-14-12(16)9-15(2)6-7-17-11-5-3-4-10(13)8-11/h3-5,8H,6-7,9H2,1-2H3,(H,14,16). The number of rotatable bonds is 6. The molecule has 17 heavy (non-hydrogen) atoms. The molecule has 0 saturated heterocycles. The van der Waals surface area contributed by atoms with Crippen LogP contribution in [0.1, 0.15) is 0 Å². The topological polar surface area (TPSA) is 41.6 Å². The van der Waals surface area contributed by atoms with Gasteiger partial charge in [-0.3, -0.25) is 9.69 Å². The average Bonchev–Trinajstić information content (AvgIpc) is 2.29. The highest BCUT2D eigenvalue weighted by molar-refractivity contribution is 9.10. The Bertz CT molecular complexity index is 371. The molecule has 0 aliphatic carbocycles. The quantitative estimate of drug-likeness (QED) is 0.866. The van der Waals surface area contributed by atoms with Crippen LogP contribution in [0.15, 0.2) is 28.7 Å². The van der Waals surface area contributed by atoms with E-state index >= 15 is 0 Å². The fourth-order valence-corrected chi connectivity index (χ4v) is 1.66. The molecule has 0 saturated carbocycles. The summed E-state index contributed by atoms with van der Waals surface area (Å²) in [5, 5.41) is 2.58. The summed E-state index contributed by atoms with van der Waals surface area (Å²) in [6.07, 6.45) is 0. The van der Waals surface area contributed by atoms with E-state index in [4.69, 9.17) is 4.74 Å². The van der Waals surface area contributed by atoms with Crippen molar-refractivity contribution in [2.45, 2.75) is 0 Å². The highest BCUT2D eigenvalue weighted by Crippen LogP contribution is 2.17. The second-order valence-electron chi connectivity index (χ2n) is 3.72. The van der Waals surface area contributed by atoms with E-state index in [9.17, 15) is 4.79 Å². The van der Waals surface area contributed by atoms with Gasteiger partial charge in [0.25, 0.3) is 0 Å². The Morgan fingerprint density at radius 3 is 2.94 bits per heavy atom. The molecule has 5 heteroatoms. The minimum Gasteiger partial charge on any atom is -0.492 e. The number of carbonyl (C=O) groups is 1. The lowest BCUT2D eigenvalue weighted by Crippen LogP contribution is -2.35. The third kappa shape index (κ3) is 5.70. The maximum absolute atomic E-state index is 11.1. The molecule has 1 aromatic carbocycles. The lowest BCUT2D eigenvalue weighted by Gasteiger charge is -2.15. The number of amides is 1. The Labute approximate surface area is 110 Å². The SMILES string of the molecule is CNC(=O)CN(C)CCOc1cccc(Br)c1. The first kappa shape index (κ1) is 14.0. The van der Waals surface area contributed by atoms with Crippen molar-refractivity contribution >= 4 is 21.8 Å². The predicted molar refractivity (Wildman–Crippen MR) is 71.2 cm³/mol. The molecule has 0 aromatic heterocycles. The summed E-state index contributed by atoms with van der Waals surface area (Å²) in [5.41, 5.74) is 0. The van der Waals surface area contributed by atoms with Crippen molar-refractivity contribution in [1.29, 1.82) is 0 Å². The molecule has 0 heterocycles. The van der Waals surface area contributed by atoms with Gasteiger partial charge in [-0.05, 0) is 25.2 Å². The Morgan fingerprint density at radius 1 is 1.53 bits per heavy atom. The summed E-state index contributed by atoms with van der Waals surface area (Å²) in [6.45, 7) is 1.65. The van der Waals surface area contributed by atoms with E-state index in [0.29, 0.717) is 19.7 Å². The van der Waals surface area contributed by atoms with Crippen LogP contribution in [-0.2, 0) is 4.79 Å². The van der Waals surface area contributed by atoms with Gasteiger partial charge >= 0.3 is 0 Å². The molecule has 0 bridgehead atoms. The minimum atomic E-state index is 0.00922. The van der Waals surface area contributed by atoms with E-state index in [-0.39, 0.29) is 5.91 Å². The number of benzene rings is 1. The van der Waals surface area contributed by atoms with Gasteiger partial charge in [-0.25, -0.2) is 0 Å². The normalized spacial score (nSPS) is 10.4. The largest absolute Gasteiger partial charge is 0.492 e. The van der Waals surface area contributed by atoms with Crippen molar-refractivity contribution in [3.05, 3.63) is 28.7 Å². The van der Waals surface area contributed by atoms with Crippen molar-refractivity contribution in [1.82, 2.24) is 10.2 Å². The van der Waals surface area contributed by atoms with Crippen molar-refractivity contribution < 1.29 is 9.53 Å². The van der Waals surface area contributed by atoms with Crippen molar-refractivity contribution in [2.75, 3.05) is 33.8 Å². The molecule has 94 valence electrons. The second kappa shape index (κ2) is 7.29. The molecule has 1 rings (SSSR count). The summed E-state index contributed by atoms with van der Waals surface area (Å²) in [7, 11) is 3.52. The van der Waals surface area contributed by atoms with Crippen molar-refractivity contribution in [3.63, 3.8) is 0 Å². The average molecular weight is 301 g/mol. The van der Waals surface area contributed by atoms with Gasteiger partial charge in [0, 0.05) is 18.1 Å². The van der Waals surface area contributed by atoms with E-state index in [2.05, 4.69) is 21.2 Å². The van der Waals surface area contributed by atoms with Crippen molar-refractivity contribution in [3.8, 4) is 5.75 Å². The zero-order chi connectivity index (χ0) is 12.7. The molecule has 1 amide bonds. The Hall–Kier alpha value is -1.07. The van der Waals surface area contributed by atoms with E-state index in [1.807, 2.05) is 36.2 Å². The Kier molecular flexibility index (Phi) is 6.00. The number of hydrogen-bond acceptors (Lipinski definition) is 3. The third-order valence-electron chi connectivity index (χ3n) is 2.23. The third-order valence-corrected chi connectivity index (χ3v) is 2.72. The van der Waals surface area contributed by atoms with Crippen LogP contribution in [0.25, 0.3) is 0 Å². The Balaban J connectivity index is 2.25. The summed E-state index contributed by atoms with van der Waals surface area (Å²) in [6, 6.07) is 7.69. The van der Waals surface area contributed by atoms with Gasteiger partial charge in [0.1, 0.15) is 12.4 Å². The van der Waals surface area contributed by atoms with E-state index in [1.54, 1.807) is 7.05 Å². The molecule has 0 spiro atoms. The van der Waals surface area contributed by atoms with Crippen LogP contribution in [0.2, 0.25) is 0 Å². The smallest absolute Gasteiger partial charge is 0.233 e. The van der Waals surface area contributed by atoms with Gasteiger partial charge in [-0.1, -0.05) is 22.0 Å². The first-order chi connectivity index (χ1) is 8.11. The van der Waals surface area contributed by atoms with Gasteiger partial charge in [0.15, 0.2) is 0 Å². The molecule has 4 nitrogen and oxygen atoms in total. The molecule has 1 N–H and O–H groups in total. The predicted octanol–water partition coefficient (Wildman–Crippen LogP) is 1.51. The van der Waals surface area contributed by atoms with Crippen LogP contribution in [0, 0.1) is 0 Å². The fourth-order valence-electron chi connectivity index (χ4n) is 1.28. The zero-order valence-corrected chi connectivity index (χ0v) is 11.7.